The molecule has 1 N–H and O–H groups in total. The van der Waals surface area contributed by atoms with Gasteiger partial charge in [-0.05, 0) is 30.2 Å². The van der Waals surface area contributed by atoms with E-state index in [0.717, 1.165) is 44.0 Å². The van der Waals surface area contributed by atoms with E-state index in [1.165, 1.54) is 11.3 Å². The molecule has 0 radical (unpaired) electrons. The number of hydrogen-bond donors (Lipinski definition) is 1. The molecule has 0 saturated carbocycles. The molecular formula is C22H23N3O4S2. The highest BCUT2D eigenvalue weighted by Crippen LogP contribution is 2.35. The van der Waals surface area contributed by atoms with Crippen molar-refractivity contribution < 1.29 is 17.9 Å². The lowest BCUT2D eigenvalue weighted by atomic mass is 10.1. The summed E-state index contributed by atoms with van der Waals surface area (Å²) < 4.78 is 39.3. The molecule has 2 heterocycles. The van der Waals surface area contributed by atoms with Crippen LogP contribution in [0, 0.1) is 6.92 Å². The van der Waals surface area contributed by atoms with Crippen LogP contribution in [0.3, 0.4) is 0 Å². The van der Waals surface area contributed by atoms with E-state index in [1.54, 1.807) is 13.4 Å². The van der Waals surface area contributed by atoms with Gasteiger partial charge in [0.1, 0.15) is 29.4 Å². The van der Waals surface area contributed by atoms with E-state index in [-0.39, 0.29) is 6.54 Å². The van der Waals surface area contributed by atoms with E-state index in [9.17, 15) is 8.42 Å². The third kappa shape index (κ3) is 4.90. The maximum atomic E-state index is 11.6. The van der Waals surface area contributed by atoms with Crippen molar-refractivity contribution in [2.24, 2.45) is 0 Å². The zero-order valence-corrected chi connectivity index (χ0v) is 19.1. The van der Waals surface area contributed by atoms with Crippen LogP contribution in [-0.2, 0) is 23.2 Å². The average molecular weight is 458 g/mol. The number of benzene rings is 2. The second kappa shape index (κ2) is 8.70. The molecule has 162 valence electrons. The number of imidazole rings is 1. The average Bonchev–Trinajstić information content (AvgIpc) is 3.34. The SMILES string of the molecule is COc1ccc2ncn(-c3cc(OCc4ccccc4C)c(CNS(C)(=O)=O)s3)c2c1. The van der Waals surface area contributed by atoms with E-state index in [2.05, 4.69) is 9.71 Å². The lowest BCUT2D eigenvalue weighted by Gasteiger charge is -2.09. The Morgan fingerprint density at radius 3 is 2.71 bits per heavy atom. The number of hydrogen-bond acceptors (Lipinski definition) is 6. The molecule has 0 aliphatic carbocycles. The first-order chi connectivity index (χ1) is 14.8. The molecule has 9 heteroatoms. The summed E-state index contributed by atoms with van der Waals surface area (Å²) in [5.74, 6) is 1.38. The Morgan fingerprint density at radius 2 is 1.97 bits per heavy atom. The van der Waals surface area contributed by atoms with Crippen molar-refractivity contribution in [2.75, 3.05) is 13.4 Å². The highest BCUT2D eigenvalue weighted by Gasteiger charge is 2.16. The van der Waals surface area contributed by atoms with Gasteiger partial charge in [0.25, 0.3) is 0 Å². The molecule has 4 aromatic rings. The van der Waals surface area contributed by atoms with Crippen LogP contribution in [-0.4, -0.2) is 31.3 Å². The van der Waals surface area contributed by atoms with Gasteiger partial charge in [0, 0.05) is 18.7 Å². The molecule has 4 rings (SSSR count). The van der Waals surface area contributed by atoms with E-state index in [4.69, 9.17) is 9.47 Å². The molecule has 0 spiro atoms. The van der Waals surface area contributed by atoms with Crippen molar-refractivity contribution >= 4 is 32.4 Å². The van der Waals surface area contributed by atoms with Crippen molar-refractivity contribution in [3.05, 3.63) is 70.9 Å². The number of thiophene rings is 1. The van der Waals surface area contributed by atoms with Crippen LogP contribution in [0.2, 0.25) is 0 Å². The zero-order chi connectivity index (χ0) is 22.0. The summed E-state index contributed by atoms with van der Waals surface area (Å²) in [6.07, 6.45) is 2.89. The Labute approximate surface area is 185 Å². The molecule has 0 aliphatic rings. The number of nitrogens with one attached hydrogen (secondary N) is 1. The lowest BCUT2D eigenvalue weighted by molar-refractivity contribution is 0.303. The highest BCUT2D eigenvalue weighted by atomic mass is 32.2. The van der Waals surface area contributed by atoms with Crippen LogP contribution in [0.4, 0.5) is 0 Å². The highest BCUT2D eigenvalue weighted by molar-refractivity contribution is 7.88. The molecule has 2 aromatic heterocycles. The van der Waals surface area contributed by atoms with Gasteiger partial charge in [-0.3, -0.25) is 4.57 Å². The van der Waals surface area contributed by atoms with Gasteiger partial charge in [0.05, 0.1) is 29.3 Å². The fourth-order valence-electron chi connectivity index (χ4n) is 3.18. The minimum Gasteiger partial charge on any atom is -0.497 e. The van der Waals surface area contributed by atoms with Crippen molar-refractivity contribution in [1.82, 2.24) is 14.3 Å². The van der Waals surface area contributed by atoms with E-state index in [0.29, 0.717) is 12.4 Å². The molecule has 0 atom stereocenters. The van der Waals surface area contributed by atoms with Crippen LogP contribution in [0.5, 0.6) is 11.5 Å². The Hall–Kier alpha value is -2.88. The number of aryl methyl sites for hydroxylation is 1. The number of fused-ring (bicyclic) bond motifs is 1. The maximum absolute atomic E-state index is 11.6. The van der Waals surface area contributed by atoms with Crippen LogP contribution < -0.4 is 14.2 Å². The number of ether oxygens (including phenoxy) is 2. The van der Waals surface area contributed by atoms with Gasteiger partial charge in [0.2, 0.25) is 10.0 Å². The Morgan fingerprint density at radius 1 is 1.16 bits per heavy atom. The lowest BCUT2D eigenvalue weighted by Crippen LogP contribution is -2.20. The van der Waals surface area contributed by atoms with E-state index >= 15 is 0 Å². The van der Waals surface area contributed by atoms with Gasteiger partial charge in [-0.15, -0.1) is 11.3 Å². The zero-order valence-electron chi connectivity index (χ0n) is 17.5. The quantitative estimate of drug-likeness (QED) is 0.432. The summed E-state index contributed by atoms with van der Waals surface area (Å²) in [6, 6.07) is 15.6. The molecule has 7 nitrogen and oxygen atoms in total. The third-order valence-corrected chi connectivity index (χ3v) is 6.67. The van der Waals surface area contributed by atoms with Gasteiger partial charge in [-0.1, -0.05) is 24.3 Å². The topological polar surface area (TPSA) is 82.4 Å². The van der Waals surface area contributed by atoms with Crippen LogP contribution >= 0.6 is 11.3 Å². The van der Waals surface area contributed by atoms with Gasteiger partial charge >= 0.3 is 0 Å². The second-order valence-corrected chi connectivity index (χ2v) is 10.1. The summed E-state index contributed by atoms with van der Waals surface area (Å²) in [7, 11) is -1.71. The van der Waals surface area contributed by atoms with Crippen molar-refractivity contribution in [3.63, 3.8) is 0 Å². The molecule has 2 aromatic carbocycles. The summed E-state index contributed by atoms with van der Waals surface area (Å²) >= 11 is 1.46. The van der Waals surface area contributed by atoms with Crippen LogP contribution in [0.25, 0.3) is 16.0 Å². The monoisotopic (exact) mass is 457 g/mol. The first-order valence-electron chi connectivity index (χ1n) is 9.60. The summed E-state index contributed by atoms with van der Waals surface area (Å²) in [5, 5.41) is 0.876. The first-order valence-corrected chi connectivity index (χ1v) is 12.3. The Balaban J connectivity index is 1.69. The van der Waals surface area contributed by atoms with E-state index < -0.39 is 10.0 Å². The number of nitrogens with zero attached hydrogens (tertiary/aromatic N) is 2. The van der Waals surface area contributed by atoms with Gasteiger partial charge in [-0.25, -0.2) is 18.1 Å². The smallest absolute Gasteiger partial charge is 0.209 e. The minimum absolute atomic E-state index is 0.155. The van der Waals surface area contributed by atoms with Crippen LogP contribution in [0.15, 0.2) is 54.9 Å². The fourth-order valence-corrected chi connectivity index (χ4v) is 4.70. The largest absolute Gasteiger partial charge is 0.497 e. The predicted molar refractivity (Wildman–Crippen MR) is 123 cm³/mol. The Bertz CT molecular complexity index is 1330. The molecule has 0 unspecified atom stereocenters. The predicted octanol–water partition coefficient (Wildman–Crippen LogP) is 4.03. The normalized spacial score (nSPS) is 11.7. The van der Waals surface area contributed by atoms with Crippen LogP contribution in [0.1, 0.15) is 16.0 Å². The molecular weight excluding hydrogens is 434 g/mol. The van der Waals surface area contributed by atoms with E-state index in [1.807, 2.05) is 60.0 Å². The maximum Gasteiger partial charge on any atom is 0.209 e. The van der Waals surface area contributed by atoms with Gasteiger partial charge < -0.3 is 9.47 Å². The second-order valence-electron chi connectivity index (χ2n) is 7.15. The molecule has 0 saturated heterocycles. The summed E-state index contributed by atoms with van der Waals surface area (Å²) in [5.41, 5.74) is 3.96. The summed E-state index contributed by atoms with van der Waals surface area (Å²) in [6.45, 7) is 2.59. The minimum atomic E-state index is -3.34. The van der Waals surface area contributed by atoms with Gasteiger partial charge in [0.15, 0.2) is 0 Å². The standard InChI is InChI=1S/C22H23N3O4S2/c1-15-6-4-5-7-16(15)13-29-20-11-22(30-21(20)12-24-31(3,26)27)25-14-23-18-9-8-17(28-2)10-19(18)25/h4-11,14,24H,12-13H2,1-3H3. The molecule has 0 fully saturated rings. The van der Waals surface area contributed by atoms with Crippen molar-refractivity contribution in [1.29, 1.82) is 0 Å². The first kappa shape index (κ1) is 21.4. The number of aromatic nitrogens is 2. The molecule has 0 aliphatic heterocycles. The molecule has 31 heavy (non-hydrogen) atoms. The Kier molecular flexibility index (Phi) is 5.99. The van der Waals surface area contributed by atoms with Crippen molar-refractivity contribution in [3.8, 4) is 16.5 Å². The number of methoxy groups -OCH3 is 1. The molecule has 0 amide bonds. The number of rotatable bonds is 8. The third-order valence-electron chi connectivity index (χ3n) is 4.89. The molecule has 0 bridgehead atoms. The van der Waals surface area contributed by atoms with Crippen molar-refractivity contribution in [2.45, 2.75) is 20.1 Å². The summed E-state index contributed by atoms with van der Waals surface area (Å²) in [4.78, 5) is 5.25. The number of sulfonamides is 1. The van der Waals surface area contributed by atoms with Gasteiger partial charge in [-0.2, -0.15) is 0 Å². The fraction of sp³-hybridized carbons (Fsp3) is 0.227.